The summed E-state index contributed by atoms with van der Waals surface area (Å²) in [4.78, 5) is 2.39. The molecule has 2 heteroatoms. The Morgan fingerprint density at radius 3 is 2.06 bits per heavy atom. The molecule has 1 heterocycles. The Morgan fingerprint density at radius 1 is 1.06 bits per heavy atom. The van der Waals surface area contributed by atoms with Crippen molar-refractivity contribution in [2.24, 2.45) is 11.8 Å². The molecule has 0 aromatic heterocycles. The van der Waals surface area contributed by atoms with Crippen LogP contribution in [0.1, 0.15) is 32.3 Å². The predicted octanol–water partition coefficient (Wildman–Crippen LogP) is 2.87. The van der Waals surface area contributed by atoms with Gasteiger partial charge in [0, 0.05) is 13.1 Å². The lowest BCUT2D eigenvalue weighted by Crippen LogP contribution is -2.26. The molecule has 2 atom stereocenters. The van der Waals surface area contributed by atoms with Crippen molar-refractivity contribution in [2.45, 2.75) is 32.3 Å². The summed E-state index contributed by atoms with van der Waals surface area (Å²) in [6.07, 6.45) is 1.87. The van der Waals surface area contributed by atoms with Gasteiger partial charge in [-0.05, 0) is 37.3 Å². The van der Waals surface area contributed by atoms with E-state index in [0.29, 0.717) is 11.8 Å². The van der Waals surface area contributed by atoms with E-state index in [1.807, 2.05) is 32.0 Å². The molecule has 3 rings (SSSR count). The Bertz CT molecular complexity index is 362. The molecule has 1 aromatic carbocycles. The number of nitrogens with zero attached hydrogens (tertiary/aromatic N) is 1. The van der Waals surface area contributed by atoms with Gasteiger partial charge in [-0.2, -0.15) is 0 Å². The van der Waals surface area contributed by atoms with Gasteiger partial charge in [0.1, 0.15) is 0 Å². The normalized spacial score (nSPS) is 34.9. The number of likely N-dealkylation sites (tertiary alicyclic amines) is 1. The van der Waals surface area contributed by atoms with Crippen molar-refractivity contribution in [3.05, 3.63) is 35.9 Å². The van der Waals surface area contributed by atoms with E-state index in [9.17, 15) is 5.11 Å². The molecule has 0 amide bonds. The highest BCUT2D eigenvalue weighted by Gasteiger charge is 2.48. The van der Waals surface area contributed by atoms with E-state index in [-0.39, 0.29) is 0 Å². The first-order valence-corrected chi connectivity index (χ1v) is 7.14. The van der Waals surface area contributed by atoms with E-state index in [2.05, 4.69) is 24.1 Å². The van der Waals surface area contributed by atoms with E-state index in [4.69, 9.17) is 0 Å². The summed E-state index contributed by atoms with van der Waals surface area (Å²) in [5.74, 6) is 1.38. The monoisotopic (exact) mass is 247 g/mol. The first-order chi connectivity index (χ1) is 8.67. The van der Waals surface area contributed by atoms with Crippen molar-refractivity contribution in [3.8, 4) is 0 Å². The Balaban J connectivity index is 0.000000574. The maximum absolute atomic E-state index is 10.7. The average molecular weight is 247 g/mol. The fourth-order valence-corrected chi connectivity index (χ4v) is 3.57. The van der Waals surface area contributed by atoms with Gasteiger partial charge < -0.3 is 10.0 Å². The molecule has 2 unspecified atom stereocenters. The second-order valence-corrected chi connectivity index (χ2v) is 5.55. The Labute approximate surface area is 111 Å². The lowest BCUT2D eigenvalue weighted by Gasteiger charge is -2.25. The zero-order valence-corrected chi connectivity index (χ0v) is 11.8. The van der Waals surface area contributed by atoms with Gasteiger partial charge in [-0.3, -0.25) is 0 Å². The summed E-state index contributed by atoms with van der Waals surface area (Å²) in [5.41, 5.74) is 0.546. The standard InChI is InChI=1S/C14H19NO.C2H6/c1-15-9-11-7-14(16,8-12(11)10-15)13-5-3-2-4-6-13;1-2/h2-6,11-12,16H,7-10H2,1H3;1-2H3. The van der Waals surface area contributed by atoms with Crippen LogP contribution in [0, 0.1) is 11.8 Å². The summed E-state index contributed by atoms with van der Waals surface area (Å²) in [5, 5.41) is 10.7. The second-order valence-electron chi connectivity index (χ2n) is 5.55. The third-order valence-electron chi connectivity index (χ3n) is 4.27. The molecule has 0 bridgehead atoms. The number of benzene rings is 1. The molecule has 2 fully saturated rings. The number of fused-ring (bicyclic) bond motifs is 1. The molecule has 0 spiro atoms. The van der Waals surface area contributed by atoms with Gasteiger partial charge in [0.15, 0.2) is 0 Å². The summed E-state index contributed by atoms with van der Waals surface area (Å²) in [7, 11) is 2.18. The van der Waals surface area contributed by atoms with Crippen LogP contribution >= 0.6 is 0 Å². The number of aliphatic hydroxyl groups is 1. The van der Waals surface area contributed by atoms with Crippen LogP contribution in [-0.4, -0.2) is 30.1 Å². The van der Waals surface area contributed by atoms with Crippen LogP contribution in [0.3, 0.4) is 0 Å². The molecular weight excluding hydrogens is 222 g/mol. The highest BCUT2D eigenvalue weighted by Crippen LogP contribution is 2.48. The average Bonchev–Trinajstić information content (AvgIpc) is 2.87. The largest absolute Gasteiger partial charge is 0.385 e. The Morgan fingerprint density at radius 2 is 1.56 bits per heavy atom. The summed E-state index contributed by atoms with van der Waals surface area (Å²) >= 11 is 0. The summed E-state index contributed by atoms with van der Waals surface area (Å²) in [6.45, 7) is 6.31. The molecule has 1 aliphatic carbocycles. The highest BCUT2D eigenvalue weighted by molar-refractivity contribution is 5.24. The molecule has 1 saturated carbocycles. The minimum Gasteiger partial charge on any atom is -0.385 e. The molecule has 2 nitrogen and oxygen atoms in total. The van der Waals surface area contributed by atoms with Crippen LogP contribution in [0.15, 0.2) is 30.3 Å². The second kappa shape index (κ2) is 5.41. The van der Waals surface area contributed by atoms with Gasteiger partial charge in [-0.25, -0.2) is 0 Å². The zero-order chi connectivity index (χ0) is 13.2. The fourth-order valence-electron chi connectivity index (χ4n) is 3.57. The summed E-state index contributed by atoms with van der Waals surface area (Å²) < 4.78 is 0. The van der Waals surface area contributed by atoms with Crippen LogP contribution in [0.5, 0.6) is 0 Å². The Hall–Kier alpha value is -0.860. The molecule has 1 aliphatic heterocycles. The van der Waals surface area contributed by atoms with Gasteiger partial charge in [0.05, 0.1) is 5.60 Å². The molecule has 100 valence electrons. The first kappa shape index (κ1) is 13.6. The van der Waals surface area contributed by atoms with Gasteiger partial charge in [-0.1, -0.05) is 44.2 Å². The minimum atomic E-state index is -0.558. The maximum Gasteiger partial charge on any atom is 0.0903 e. The third kappa shape index (κ3) is 2.45. The lowest BCUT2D eigenvalue weighted by molar-refractivity contribution is 0.0324. The van der Waals surface area contributed by atoms with Gasteiger partial charge in [0.25, 0.3) is 0 Å². The van der Waals surface area contributed by atoms with E-state index < -0.39 is 5.60 Å². The van der Waals surface area contributed by atoms with Crippen molar-refractivity contribution in [2.75, 3.05) is 20.1 Å². The smallest absolute Gasteiger partial charge is 0.0903 e. The quantitative estimate of drug-likeness (QED) is 0.825. The van der Waals surface area contributed by atoms with Crippen molar-refractivity contribution in [1.29, 1.82) is 0 Å². The van der Waals surface area contributed by atoms with Crippen LogP contribution in [0.2, 0.25) is 0 Å². The zero-order valence-electron chi connectivity index (χ0n) is 11.8. The number of rotatable bonds is 1. The summed E-state index contributed by atoms with van der Waals surface area (Å²) in [6, 6.07) is 10.2. The predicted molar refractivity (Wildman–Crippen MR) is 75.4 cm³/mol. The molecule has 0 radical (unpaired) electrons. The molecule has 1 aromatic rings. The van der Waals surface area contributed by atoms with Gasteiger partial charge >= 0.3 is 0 Å². The van der Waals surface area contributed by atoms with Gasteiger partial charge in [0.2, 0.25) is 0 Å². The number of hydrogen-bond donors (Lipinski definition) is 1. The van der Waals surface area contributed by atoms with Crippen molar-refractivity contribution in [3.63, 3.8) is 0 Å². The van der Waals surface area contributed by atoms with Gasteiger partial charge in [-0.15, -0.1) is 0 Å². The lowest BCUT2D eigenvalue weighted by atomic mass is 9.90. The van der Waals surface area contributed by atoms with E-state index in [1.165, 1.54) is 0 Å². The highest BCUT2D eigenvalue weighted by atomic mass is 16.3. The minimum absolute atomic E-state index is 0.558. The maximum atomic E-state index is 10.7. The molecule has 1 saturated heterocycles. The van der Waals surface area contributed by atoms with Crippen LogP contribution in [-0.2, 0) is 5.60 Å². The van der Waals surface area contributed by atoms with E-state index >= 15 is 0 Å². The Kier molecular flexibility index (Phi) is 4.08. The van der Waals surface area contributed by atoms with E-state index in [1.54, 1.807) is 0 Å². The van der Waals surface area contributed by atoms with Crippen molar-refractivity contribution >= 4 is 0 Å². The third-order valence-corrected chi connectivity index (χ3v) is 4.27. The number of hydrogen-bond acceptors (Lipinski definition) is 2. The van der Waals surface area contributed by atoms with Crippen LogP contribution < -0.4 is 0 Å². The molecule has 1 N–H and O–H groups in total. The van der Waals surface area contributed by atoms with Crippen molar-refractivity contribution in [1.82, 2.24) is 4.90 Å². The molecule has 2 aliphatic rings. The van der Waals surface area contributed by atoms with E-state index in [0.717, 1.165) is 31.5 Å². The first-order valence-electron chi connectivity index (χ1n) is 7.14. The fraction of sp³-hybridized carbons (Fsp3) is 0.625. The molecular formula is C16H25NO. The topological polar surface area (TPSA) is 23.5 Å². The SMILES string of the molecule is CC.CN1CC2CC(O)(c3ccccc3)CC2C1. The van der Waals surface area contributed by atoms with Crippen LogP contribution in [0.25, 0.3) is 0 Å². The molecule has 18 heavy (non-hydrogen) atoms. The van der Waals surface area contributed by atoms with Crippen LogP contribution in [0.4, 0.5) is 0 Å². The van der Waals surface area contributed by atoms with Crippen molar-refractivity contribution < 1.29 is 5.11 Å².